The molecule has 1 aliphatic heterocycles. The van der Waals surface area contributed by atoms with Crippen LogP contribution in [0, 0.1) is 5.92 Å². The Bertz CT molecular complexity index is 422. The van der Waals surface area contributed by atoms with E-state index in [0.717, 1.165) is 56.0 Å². The first-order chi connectivity index (χ1) is 9.70. The summed E-state index contributed by atoms with van der Waals surface area (Å²) in [5.41, 5.74) is 1.25. The first-order valence-electron chi connectivity index (χ1n) is 7.34. The van der Waals surface area contributed by atoms with E-state index < -0.39 is 0 Å². The lowest BCUT2D eigenvalue weighted by Gasteiger charge is -2.29. The summed E-state index contributed by atoms with van der Waals surface area (Å²) in [6.07, 6.45) is 4.19. The van der Waals surface area contributed by atoms with Crippen LogP contribution in [0.1, 0.15) is 25.3 Å². The van der Waals surface area contributed by atoms with E-state index in [1.807, 2.05) is 6.20 Å². The normalized spacial score (nSPS) is 16.4. The van der Waals surface area contributed by atoms with E-state index in [2.05, 4.69) is 51.2 Å². The zero-order chi connectivity index (χ0) is 14.4. The quantitative estimate of drug-likeness (QED) is 0.863. The molecule has 0 aliphatic carbocycles. The van der Waals surface area contributed by atoms with Crippen LogP contribution in [0.3, 0.4) is 0 Å². The highest BCUT2D eigenvalue weighted by molar-refractivity contribution is 9.10. The number of halogens is 1. The van der Waals surface area contributed by atoms with Gasteiger partial charge in [0.05, 0.1) is 0 Å². The monoisotopic (exact) mass is 341 g/mol. The Morgan fingerprint density at radius 1 is 1.45 bits per heavy atom. The molecule has 0 atom stereocenters. The number of pyridine rings is 1. The third-order valence-corrected chi connectivity index (χ3v) is 4.14. The maximum atomic E-state index is 5.43. The average molecular weight is 342 g/mol. The van der Waals surface area contributed by atoms with Gasteiger partial charge in [0.15, 0.2) is 0 Å². The molecule has 0 spiro atoms. The first-order valence-corrected chi connectivity index (χ1v) is 8.14. The number of hydrogen-bond donors (Lipinski definition) is 1. The van der Waals surface area contributed by atoms with Gasteiger partial charge in [0, 0.05) is 49.6 Å². The molecule has 0 aromatic carbocycles. The number of hydrogen-bond acceptors (Lipinski definition) is 4. The molecule has 0 bridgehead atoms. The average Bonchev–Trinajstić information content (AvgIpc) is 2.46. The minimum Gasteiger partial charge on any atom is -0.381 e. The van der Waals surface area contributed by atoms with Gasteiger partial charge in [-0.25, -0.2) is 4.98 Å². The second kappa shape index (κ2) is 7.96. The molecular formula is C15H24BrN3O. The second-order valence-electron chi connectivity index (χ2n) is 5.35. The molecule has 2 heterocycles. The molecule has 5 heteroatoms. The molecule has 0 unspecified atom stereocenters. The van der Waals surface area contributed by atoms with Crippen LogP contribution < -0.4 is 10.2 Å². The maximum absolute atomic E-state index is 5.43. The van der Waals surface area contributed by atoms with Gasteiger partial charge in [-0.2, -0.15) is 0 Å². The molecule has 1 aromatic rings. The molecule has 4 nitrogen and oxygen atoms in total. The van der Waals surface area contributed by atoms with Crippen LogP contribution in [0.5, 0.6) is 0 Å². The highest BCUT2D eigenvalue weighted by atomic mass is 79.9. The van der Waals surface area contributed by atoms with Gasteiger partial charge in [-0.3, -0.25) is 0 Å². The van der Waals surface area contributed by atoms with Crippen molar-refractivity contribution in [1.82, 2.24) is 10.3 Å². The number of nitrogens with one attached hydrogen (secondary N) is 1. The topological polar surface area (TPSA) is 37.4 Å². The number of ether oxygens (including phenoxy) is 1. The summed E-state index contributed by atoms with van der Waals surface area (Å²) >= 11 is 3.51. The van der Waals surface area contributed by atoms with Crippen LogP contribution in [0.4, 0.5) is 5.82 Å². The van der Waals surface area contributed by atoms with Gasteiger partial charge in [-0.15, -0.1) is 0 Å². The highest BCUT2D eigenvalue weighted by Crippen LogP contribution is 2.23. The van der Waals surface area contributed by atoms with Crippen LogP contribution in [-0.2, 0) is 11.3 Å². The minimum atomic E-state index is 0.714. The third-order valence-electron chi connectivity index (χ3n) is 3.71. The summed E-state index contributed by atoms with van der Waals surface area (Å²) in [5.74, 6) is 1.80. The van der Waals surface area contributed by atoms with Crippen molar-refractivity contribution in [2.24, 2.45) is 5.92 Å². The Morgan fingerprint density at radius 3 is 2.90 bits per heavy atom. The van der Waals surface area contributed by atoms with Crippen molar-refractivity contribution >= 4 is 21.7 Å². The van der Waals surface area contributed by atoms with Crippen molar-refractivity contribution < 1.29 is 4.74 Å². The SMILES string of the molecule is CCNCc1cc(Br)cnc1N(C)CC1CCOCC1. The van der Waals surface area contributed by atoms with Crippen molar-refractivity contribution in [2.45, 2.75) is 26.3 Å². The lowest BCUT2D eigenvalue weighted by Crippen LogP contribution is -2.31. The zero-order valence-corrected chi connectivity index (χ0v) is 13.9. The highest BCUT2D eigenvalue weighted by Gasteiger charge is 2.18. The van der Waals surface area contributed by atoms with E-state index in [4.69, 9.17) is 4.74 Å². The molecule has 0 amide bonds. The summed E-state index contributed by atoms with van der Waals surface area (Å²) in [7, 11) is 2.14. The standard InChI is InChI=1S/C15H24BrN3O/c1-3-17-9-13-8-14(16)10-18-15(13)19(2)11-12-4-6-20-7-5-12/h8,10,12,17H,3-7,9,11H2,1-2H3. The van der Waals surface area contributed by atoms with Gasteiger partial charge in [0.25, 0.3) is 0 Å². The van der Waals surface area contributed by atoms with Crippen LogP contribution in [0.25, 0.3) is 0 Å². The summed E-state index contributed by atoms with van der Waals surface area (Å²) in [5, 5.41) is 3.38. The molecule has 20 heavy (non-hydrogen) atoms. The molecule has 1 saturated heterocycles. The maximum Gasteiger partial charge on any atom is 0.132 e. The summed E-state index contributed by atoms with van der Waals surface area (Å²) in [6.45, 7) is 6.80. The Labute approximate surface area is 130 Å². The van der Waals surface area contributed by atoms with Crippen LogP contribution in [0.2, 0.25) is 0 Å². The third kappa shape index (κ3) is 4.43. The van der Waals surface area contributed by atoms with Crippen LogP contribution >= 0.6 is 15.9 Å². The van der Waals surface area contributed by atoms with Crippen molar-refractivity contribution in [2.75, 3.05) is 38.3 Å². The number of aromatic nitrogens is 1. The van der Waals surface area contributed by atoms with Gasteiger partial charge in [-0.05, 0) is 47.3 Å². The van der Waals surface area contributed by atoms with Gasteiger partial charge in [-0.1, -0.05) is 6.92 Å². The van der Waals surface area contributed by atoms with Crippen molar-refractivity contribution in [3.8, 4) is 0 Å². The zero-order valence-electron chi connectivity index (χ0n) is 12.4. The second-order valence-corrected chi connectivity index (χ2v) is 6.27. The number of rotatable bonds is 6. The van der Waals surface area contributed by atoms with Gasteiger partial charge < -0.3 is 15.0 Å². The Kier molecular flexibility index (Phi) is 6.26. The predicted molar refractivity (Wildman–Crippen MR) is 86.1 cm³/mol. The Morgan fingerprint density at radius 2 is 2.20 bits per heavy atom. The van der Waals surface area contributed by atoms with E-state index in [1.165, 1.54) is 5.56 Å². The van der Waals surface area contributed by atoms with Gasteiger partial charge in [0.2, 0.25) is 0 Å². The minimum absolute atomic E-state index is 0.714. The molecule has 0 radical (unpaired) electrons. The molecule has 1 fully saturated rings. The molecule has 1 aromatic heterocycles. The molecular weight excluding hydrogens is 318 g/mol. The largest absolute Gasteiger partial charge is 0.381 e. The molecule has 1 N–H and O–H groups in total. The van der Waals surface area contributed by atoms with E-state index >= 15 is 0 Å². The lowest BCUT2D eigenvalue weighted by molar-refractivity contribution is 0.0685. The van der Waals surface area contributed by atoms with E-state index in [9.17, 15) is 0 Å². The lowest BCUT2D eigenvalue weighted by atomic mass is 10.00. The van der Waals surface area contributed by atoms with E-state index in [0.29, 0.717) is 5.92 Å². The fraction of sp³-hybridized carbons (Fsp3) is 0.667. The van der Waals surface area contributed by atoms with Crippen molar-refractivity contribution in [3.05, 3.63) is 22.3 Å². The van der Waals surface area contributed by atoms with E-state index in [1.54, 1.807) is 0 Å². The fourth-order valence-electron chi connectivity index (χ4n) is 2.61. The fourth-order valence-corrected chi connectivity index (χ4v) is 2.99. The summed E-state index contributed by atoms with van der Waals surface area (Å²) < 4.78 is 6.46. The van der Waals surface area contributed by atoms with Gasteiger partial charge >= 0.3 is 0 Å². The summed E-state index contributed by atoms with van der Waals surface area (Å²) in [4.78, 5) is 6.89. The number of nitrogens with zero attached hydrogens (tertiary/aromatic N) is 2. The van der Waals surface area contributed by atoms with Crippen molar-refractivity contribution in [1.29, 1.82) is 0 Å². The van der Waals surface area contributed by atoms with Crippen LogP contribution in [0.15, 0.2) is 16.7 Å². The van der Waals surface area contributed by atoms with E-state index in [-0.39, 0.29) is 0 Å². The molecule has 0 saturated carbocycles. The molecule has 1 aliphatic rings. The molecule has 112 valence electrons. The summed E-state index contributed by atoms with van der Waals surface area (Å²) in [6, 6.07) is 2.16. The predicted octanol–water partition coefficient (Wildman–Crippen LogP) is 2.82. The molecule has 2 rings (SSSR count). The Hall–Kier alpha value is -0.650. The number of anilines is 1. The van der Waals surface area contributed by atoms with Gasteiger partial charge in [0.1, 0.15) is 5.82 Å². The Balaban J connectivity index is 2.05. The smallest absolute Gasteiger partial charge is 0.132 e. The van der Waals surface area contributed by atoms with Crippen LogP contribution in [-0.4, -0.2) is 38.3 Å². The first kappa shape index (κ1) is 15.7. The van der Waals surface area contributed by atoms with Crippen molar-refractivity contribution in [3.63, 3.8) is 0 Å².